The Morgan fingerprint density at radius 2 is 1.29 bits per heavy atom. The predicted octanol–water partition coefficient (Wildman–Crippen LogP) is 1.55. The van der Waals surface area contributed by atoms with E-state index in [4.69, 9.17) is 4.42 Å². The van der Waals surface area contributed by atoms with Crippen LogP contribution in [0.4, 0.5) is 0 Å². The number of hydrogen-bond acceptors (Lipinski definition) is 3. The highest BCUT2D eigenvalue weighted by molar-refractivity contribution is 6.19. The Labute approximate surface area is 93.0 Å². The summed E-state index contributed by atoms with van der Waals surface area (Å²) < 4.78 is 5.54. The summed E-state index contributed by atoms with van der Waals surface area (Å²) in [4.78, 5) is 28.3. The highest BCUT2D eigenvalue weighted by Gasteiger charge is 2.14. The van der Waals surface area contributed by atoms with Gasteiger partial charge in [0.1, 0.15) is 11.2 Å². The summed E-state index contributed by atoms with van der Waals surface area (Å²) in [6.45, 7) is 0. The van der Waals surface area contributed by atoms with Crippen LogP contribution < -0.4 is 11.1 Å². The summed E-state index contributed by atoms with van der Waals surface area (Å²) >= 11 is 0. The molecule has 5 heteroatoms. The normalized spacial score (nSPS) is 12.0. The molecule has 0 unspecified atom stereocenters. The summed E-state index contributed by atoms with van der Waals surface area (Å²) in [6.07, 6.45) is 0. The van der Waals surface area contributed by atoms with E-state index in [-0.39, 0.29) is 11.1 Å². The zero-order valence-corrected chi connectivity index (χ0v) is 8.53. The number of rotatable bonds is 0. The average Bonchev–Trinajstić information content (AvgIpc) is 2.62. The van der Waals surface area contributed by atoms with Crippen LogP contribution in [-0.2, 0) is 0 Å². The third-order valence-electron chi connectivity index (χ3n) is 2.96. The highest BCUT2D eigenvalue weighted by atomic mass is 16.3. The lowest BCUT2D eigenvalue weighted by Gasteiger charge is -1.98. The van der Waals surface area contributed by atoms with Crippen molar-refractivity contribution in [1.82, 2.24) is 9.97 Å². The van der Waals surface area contributed by atoms with Crippen molar-refractivity contribution in [3.63, 3.8) is 0 Å². The van der Waals surface area contributed by atoms with Gasteiger partial charge in [-0.25, -0.2) is 0 Å². The molecule has 0 aliphatic rings. The van der Waals surface area contributed by atoms with Crippen LogP contribution >= 0.6 is 0 Å². The maximum Gasteiger partial charge on any atom is 0.252 e. The van der Waals surface area contributed by atoms with Crippen LogP contribution in [0.25, 0.3) is 33.0 Å². The van der Waals surface area contributed by atoms with Crippen molar-refractivity contribution in [3.8, 4) is 0 Å². The second kappa shape index (κ2) is 2.57. The third kappa shape index (κ3) is 0.977. The van der Waals surface area contributed by atoms with E-state index in [1.165, 1.54) is 12.1 Å². The Morgan fingerprint density at radius 3 is 1.76 bits per heavy atom. The Bertz CT molecular complexity index is 896. The molecule has 0 radical (unpaired) electrons. The number of aromatic nitrogens is 2. The van der Waals surface area contributed by atoms with Crippen LogP contribution in [0.5, 0.6) is 0 Å². The predicted molar refractivity (Wildman–Crippen MR) is 63.7 cm³/mol. The number of pyridine rings is 2. The van der Waals surface area contributed by atoms with E-state index >= 15 is 0 Å². The monoisotopic (exact) mass is 226 g/mol. The zero-order valence-electron chi connectivity index (χ0n) is 8.53. The molecule has 0 fully saturated rings. The molecule has 4 aromatic rings. The molecule has 0 amide bonds. The summed E-state index contributed by atoms with van der Waals surface area (Å²) in [6, 6.07) is 6.31. The van der Waals surface area contributed by atoms with E-state index in [2.05, 4.69) is 9.97 Å². The highest BCUT2D eigenvalue weighted by Crippen LogP contribution is 2.32. The van der Waals surface area contributed by atoms with Gasteiger partial charge in [0.25, 0.3) is 11.1 Å². The first-order valence-corrected chi connectivity index (χ1v) is 5.13. The second-order valence-electron chi connectivity index (χ2n) is 4.01. The van der Waals surface area contributed by atoms with Crippen LogP contribution in [-0.4, -0.2) is 9.97 Å². The molecule has 0 saturated heterocycles. The molecule has 17 heavy (non-hydrogen) atoms. The molecule has 3 aromatic heterocycles. The van der Waals surface area contributed by atoms with Crippen molar-refractivity contribution in [2.45, 2.75) is 0 Å². The fourth-order valence-electron chi connectivity index (χ4n) is 2.32. The van der Waals surface area contributed by atoms with Crippen LogP contribution in [0.15, 0.2) is 38.3 Å². The number of hydrogen-bond donors (Lipinski definition) is 2. The molecule has 0 saturated carbocycles. The Morgan fingerprint density at radius 1 is 0.824 bits per heavy atom. The smallest absolute Gasteiger partial charge is 0.252 e. The quantitative estimate of drug-likeness (QED) is 0.446. The molecule has 4 rings (SSSR count). The van der Waals surface area contributed by atoms with Crippen LogP contribution in [0.2, 0.25) is 0 Å². The largest absolute Gasteiger partial charge is 0.455 e. The zero-order chi connectivity index (χ0) is 11.6. The van der Waals surface area contributed by atoms with Gasteiger partial charge in [-0.05, 0) is 12.1 Å². The minimum absolute atomic E-state index is 0.217. The topological polar surface area (TPSA) is 78.9 Å². The molecule has 0 aliphatic carbocycles. The number of furan rings is 1. The van der Waals surface area contributed by atoms with Crippen LogP contribution in [0.3, 0.4) is 0 Å². The van der Waals surface area contributed by atoms with E-state index in [1.807, 2.05) is 0 Å². The van der Waals surface area contributed by atoms with Crippen molar-refractivity contribution in [3.05, 3.63) is 45.0 Å². The standard InChI is InChI=1S/C12H6N2O3/c15-9-3-7-11-5(13-9)1-2-6-12(11)8(17-7)4-10(16)14-6/h1-4H,(H,13,15)(H,14,16). The Hall–Kier alpha value is -2.56. The second-order valence-corrected chi connectivity index (χ2v) is 4.01. The fraction of sp³-hybridized carbons (Fsp3) is 0. The van der Waals surface area contributed by atoms with Gasteiger partial charge in [0.05, 0.1) is 21.8 Å². The molecule has 0 spiro atoms. The van der Waals surface area contributed by atoms with E-state index < -0.39 is 0 Å². The van der Waals surface area contributed by atoms with Gasteiger partial charge in [0.15, 0.2) is 0 Å². The van der Waals surface area contributed by atoms with Gasteiger partial charge < -0.3 is 14.4 Å². The van der Waals surface area contributed by atoms with Gasteiger partial charge in [-0.15, -0.1) is 0 Å². The molecule has 82 valence electrons. The third-order valence-corrected chi connectivity index (χ3v) is 2.96. The molecule has 0 aliphatic heterocycles. The first kappa shape index (κ1) is 8.58. The fourth-order valence-corrected chi connectivity index (χ4v) is 2.32. The minimum atomic E-state index is -0.217. The molecule has 0 bridgehead atoms. The SMILES string of the molecule is O=c1cc2oc3cc(=O)[nH]c4ccc([nH]1)c2c43. The summed E-state index contributed by atoms with van der Waals surface area (Å²) in [5, 5.41) is 1.68. The molecule has 3 heterocycles. The van der Waals surface area contributed by atoms with Crippen molar-refractivity contribution < 1.29 is 4.42 Å². The molecule has 1 aromatic carbocycles. The molecule has 2 N–H and O–H groups in total. The van der Waals surface area contributed by atoms with Gasteiger partial charge in [-0.2, -0.15) is 0 Å². The Kier molecular flexibility index (Phi) is 1.30. The number of H-pyrrole nitrogens is 2. The first-order valence-electron chi connectivity index (χ1n) is 5.13. The van der Waals surface area contributed by atoms with E-state index in [9.17, 15) is 9.59 Å². The van der Waals surface area contributed by atoms with Gasteiger partial charge >= 0.3 is 0 Å². The number of nitrogens with one attached hydrogen (secondary N) is 2. The average molecular weight is 226 g/mol. The number of benzene rings is 1. The van der Waals surface area contributed by atoms with Gasteiger partial charge in [-0.3, -0.25) is 9.59 Å². The minimum Gasteiger partial charge on any atom is -0.455 e. The van der Waals surface area contributed by atoms with E-state index in [1.54, 1.807) is 12.1 Å². The van der Waals surface area contributed by atoms with Crippen molar-refractivity contribution in [2.24, 2.45) is 0 Å². The van der Waals surface area contributed by atoms with Crippen LogP contribution in [0, 0.1) is 0 Å². The van der Waals surface area contributed by atoms with Crippen molar-refractivity contribution in [1.29, 1.82) is 0 Å². The van der Waals surface area contributed by atoms with Crippen molar-refractivity contribution in [2.75, 3.05) is 0 Å². The lowest BCUT2D eigenvalue weighted by Crippen LogP contribution is -2.04. The summed E-state index contributed by atoms with van der Waals surface area (Å²) in [5.41, 5.74) is 2.00. The molecular formula is C12H6N2O3. The maximum atomic E-state index is 11.4. The first-order chi connectivity index (χ1) is 8.22. The summed E-state index contributed by atoms with van der Waals surface area (Å²) in [5.74, 6) is 0. The lowest BCUT2D eigenvalue weighted by molar-refractivity contribution is 0.667. The Balaban J connectivity index is 2.52. The summed E-state index contributed by atoms with van der Waals surface area (Å²) in [7, 11) is 0. The van der Waals surface area contributed by atoms with Crippen LogP contribution in [0.1, 0.15) is 0 Å². The maximum absolute atomic E-state index is 11.4. The molecule has 5 nitrogen and oxygen atoms in total. The number of aromatic amines is 2. The molecular weight excluding hydrogens is 220 g/mol. The van der Waals surface area contributed by atoms with E-state index in [0.717, 1.165) is 10.8 Å². The van der Waals surface area contributed by atoms with Gasteiger partial charge in [0, 0.05) is 12.1 Å². The van der Waals surface area contributed by atoms with Crippen molar-refractivity contribution >= 4 is 33.0 Å². The van der Waals surface area contributed by atoms with E-state index in [0.29, 0.717) is 22.2 Å². The molecule has 0 atom stereocenters. The lowest BCUT2D eigenvalue weighted by atomic mass is 10.1. The van der Waals surface area contributed by atoms with Gasteiger partial charge in [0.2, 0.25) is 0 Å². The van der Waals surface area contributed by atoms with Gasteiger partial charge in [-0.1, -0.05) is 0 Å².